The molecule has 3 heterocycles. The fourth-order valence-electron chi connectivity index (χ4n) is 4.57. The fraction of sp³-hybridized carbons (Fsp3) is 0.500. The lowest BCUT2D eigenvalue weighted by molar-refractivity contribution is 0.267. The summed E-state index contributed by atoms with van der Waals surface area (Å²) in [5, 5.41) is 3.29. The molecule has 2 saturated heterocycles. The molecule has 0 aliphatic carbocycles. The fourth-order valence-corrected chi connectivity index (χ4v) is 4.57. The number of benzene rings is 1. The molecular formula is C24H34FN7. The maximum atomic E-state index is 13.2. The lowest BCUT2D eigenvalue weighted by Crippen LogP contribution is -2.46. The number of aliphatic imine (C=N–C) groups is 1. The Kier molecular flexibility index (Phi) is 7.42. The third kappa shape index (κ3) is 5.68. The van der Waals surface area contributed by atoms with Crippen LogP contribution in [0.1, 0.15) is 25.3 Å². The van der Waals surface area contributed by atoms with E-state index in [1.807, 2.05) is 24.4 Å². The number of nitrogens with two attached hydrogens (primary N) is 1. The second-order valence-electron chi connectivity index (χ2n) is 8.48. The van der Waals surface area contributed by atoms with Crippen LogP contribution in [-0.2, 0) is 6.54 Å². The van der Waals surface area contributed by atoms with Gasteiger partial charge in [0.15, 0.2) is 5.96 Å². The van der Waals surface area contributed by atoms with Gasteiger partial charge in [0.25, 0.3) is 0 Å². The van der Waals surface area contributed by atoms with Crippen molar-refractivity contribution in [3.05, 3.63) is 54.0 Å². The predicted octanol–water partition coefficient (Wildman–Crippen LogP) is 2.44. The number of halogens is 1. The highest BCUT2D eigenvalue weighted by Gasteiger charge is 2.22. The number of nitrogens with one attached hydrogen (secondary N) is 1. The Balaban J connectivity index is 1.28. The molecule has 1 aromatic heterocycles. The van der Waals surface area contributed by atoms with Crippen molar-refractivity contribution >= 4 is 17.5 Å². The van der Waals surface area contributed by atoms with Gasteiger partial charge in [-0.2, -0.15) is 0 Å². The number of hydrogen-bond donors (Lipinski definition) is 2. The van der Waals surface area contributed by atoms with Crippen LogP contribution in [0.2, 0.25) is 0 Å². The van der Waals surface area contributed by atoms with Gasteiger partial charge in [0.05, 0.1) is 6.54 Å². The topological polar surface area (TPSA) is 73.0 Å². The number of nitrogens with zero attached hydrogens (tertiary/aromatic N) is 5. The van der Waals surface area contributed by atoms with Crippen LogP contribution in [0.5, 0.6) is 0 Å². The molecule has 2 aromatic rings. The number of likely N-dealkylation sites (tertiary alicyclic amines) is 1. The Bertz CT molecular complexity index is 893. The summed E-state index contributed by atoms with van der Waals surface area (Å²) in [7, 11) is 0. The van der Waals surface area contributed by atoms with Gasteiger partial charge in [-0.15, -0.1) is 0 Å². The van der Waals surface area contributed by atoms with Crippen molar-refractivity contribution in [2.24, 2.45) is 10.7 Å². The average Bonchev–Trinajstić information content (AvgIpc) is 3.30. The summed E-state index contributed by atoms with van der Waals surface area (Å²) in [5.41, 5.74) is 8.27. The van der Waals surface area contributed by atoms with E-state index < -0.39 is 0 Å². The second-order valence-corrected chi connectivity index (χ2v) is 8.48. The molecule has 172 valence electrons. The summed E-state index contributed by atoms with van der Waals surface area (Å²) < 4.78 is 13.2. The zero-order valence-electron chi connectivity index (χ0n) is 18.9. The highest BCUT2D eigenvalue weighted by molar-refractivity contribution is 5.77. The molecule has 32 heavy (non-hydrogen) atoms. The van der Waals surface area contributed by atoms with E-state index >= 15 is 0 Å². The second kappa shape index (κ2) is 10.6. The third-order valence-corrected chi connectivity index (χ3v) is 6.46. The average molecular weight is 440 g/mol. The van der Waals surface area contributed by atoms with Crippen molar-refractivity contribution in [2.45, 2.75) is 32.4 Å². The summed E-state index contributed by atoms with van der Waals surface area (Å²) in [6.45, 7) is 9.35. The Hall–Kier alpha value is -2.87. The Morgan fingerprint density at radius 1 is 1.12 bits per heavy atom. The van der Waals surface area contributed by atoms with Gasteiger partial charge in [-0.3, -0.25) is 4.90 Å². The maximum Gasteiger partial charge on any atom is 0.188 e. The molecule has 1 unspecified atom stereocenters. The third-order valence-electron chi connectivity index (χ3n) is 6.46. The molecule has 0 saturated carbocycles. The number of hydrogen-bond acceptors (Lipinski definition) is 5. The standard InChI is InChI=1S/C24H34FN7/c1-2-30-11-3-4-22(30)18-29-24(26)28-17-19-9-10-27-23(16-19)32-14-12-31(13-15-32)21-7-5-20(25)6-8-21/h5-10,16,22H,2-4,11-15,17-18H2,1H3,(H3,26,28,29). The Morgan fingerprint density at radius 3 is 2.62 bits per heavy atom. The molecular weight excluding hydrogens is 405 g/mol. The van der Waals surface area contributed by atoms with Gasteiger partial charge in [0, 0.05) is 50.6 Å². The van der Waals surface area contributed by atoms with E-state index in [9.17, 15) is 4.39 Å². The summed E-state index contributed by atoms with van der Waals surface area (Å²) in [5.74, 6) is 1.26. The molecule has 1 atom stereocenters. The van der Waals surface area contributed by atoms with Crippen LogP contribution < -0.4 is 20.9 Å². The molecule has 2 aliphatic heterocycles. The van der Waals surface area contributed by atoms with Crippen LogP contribution >= 0.6 is 0 Å². The highest BCUT2D eigenvalue weighted by atomic mass is 19.1. The van der Waals surface area contributed by atoms with E-state index in [2.05, 4.69) is 43.0 Å². The lowest BCUT2D eigenvalue weighted by Gasteiger charge is -2.36. The maximum absolute atomic E-state index is 13.2. The van der Waals surface area contributed by atoms with Crippen molar-refractivity contribution < 1.29 is 4.39 Å². The van der Waals surface area contributed by atoms with Crippen molar-refractivity contribution in [2.75, 3.05) is 55.6 Å². The first-order chi connectivity index (χ1) is 15.6. The van der Waals surface area contributed by atoms with E-state index in [0.29, 0.717) is 18.5 Å². The van der Waals surface area contributed by atoms with Gasteiger partial charge in [-0.05, 0) is 67.9 Å². The number of guanidine groups is 1. The summed E-state index contributed by atoms with van der Waals surface area (Å²) >= 11 is 0. The lowest BCUT2D eigenvalue weighted by atomic mass is 10.2. The van der Waals surface area contributed by atoms with Gasteiger partial charge < -0.3 is 20.9 Å². The zero-order chi connectivity index (χ0) is 22.3. The van der Waals surface area contributed by atoms with Crippen molar-refractivity contribution in [3.8, 4) is 0 Å². The van der Waals surface area contributed by atoms with E-state index in [1.165, 1.54) is 31.5 Å². The normalized spacial score (nSPS) is 20.1. The molecule has 8 heteroatoms. The molecule has 0 bridgehead atoms. The van der Waals surface area contributed by atoms with Gasteiger partial charge in [0.2, 0.25) is 0 Å². The number of piperazine rings is 1. The highest BCUT2D eigenvalue weighted by Crippen LogP contribution is 2.20. The summed E-state index contributed by atoms with van der Waals surface area (Å²) in [6, 6.07) is 11.3. The first kappa shape index (κ1) is 22.3. The van der Waals surface area contributed by atoms with Crippen LogP contribution in [0.4, 0.5) is 15.9 Å². The number of aromatic nitrogens is 1. The van der Waals surface area contributed by atoms with E-state index in [1.54, 1.807) is 0 Å². The smallest absolute Gasteiger partial charge is 0.188 e. The van der Waals surface area contributed by atoms with E-state index in [4.69, 9.17) is 5.73 Å². The van der Waals surface area contributed by atoms with Crippen molar-refractivity contribution in [1.82, 2.24) is 15.2 Å². The molecule has 7 nitrogen and oxygen atoms in total. The molecule has 0 spiro atoms. The molecule has 0 radical (unpaired) electrons. The van der Waals surface area contributed by atoms with Crippen LogP contribution in [-0.4, -0.2) is 67.7 Å². The summed E-state index contributed by atoms with van der Waals surface area (Å²) in [6.07, 6.45) is 4.32. The molecule has 2 fully saturated rings. The molecule has 1 aromatic carbocycles. The van der Waals surface area contributed by atoms with Crippen LogP contribution in [0.25, 0.3) is 0 Å². The first-order valence-corrected chi connectivity index (χ1v) is 11.6. The monoisotopic (exact) mass is 439 g/mol. The minimum absolute atomic E-state index is 0.201. The first-order valence-electron chi connectivity index (χ1n) is 11.6. The molecule has 3 N–H and O–H groups in total. The predicted molar refractivity (Wildman–Crippen MR) is 129 cm³/mol. The molecule has 2 aliphatic rings. The zero-order valence-corrected chi connectivity index (χ0v) is 18.9. The minimum atomic E-state index is -0.201. The van der Waals surface area contributed by atoms with Gasteiger partial charge >= 0.3 is 0 Å². The van der Waals surface area contributed by atoms with E-state index in [0.717, 1.165) is 56.3 Å². The van der Waals surface area contributed by atoms with Crippen molar-refractivity contribution in [1.29, 1.82) is 0 Å². The number of pyridine rings is 1. The minimum Gasteiger partial charge on any atom is -0.370 e. The molecule has 0 amide bonds. The Labute approximate surface area is 190 Å². The van der Waals surface area contributed by atoms with Crippen LogP contribution in [0.15, 0.2) is 47.6 Å². The van der Waals surface area contributed by atoms with E-state index in [-0.39, 0.29) is 5.82 Å². The van der Waals surface area contributed by atoms with Gasteiger partial charge in [-0.1, -0.05) is 6.92 Å². The number of anilines is 2. The summed E-state index contributed by atoms with van der Waals surface area (Å²) in [4.78, 5) is 16.1. The van der Waals surface area contributed by atoms with Crippen LogP contribution in [0.3, 0.4) is 0 Å². The Morgan fingerprint density at radius 2 is 1.88 bits per heavy atom. The van der Waals surface area contributed by atoms with Gasteiger partial charge in [-0.25, -0.2) is 14.4 Å². The number of rotatable bonds is 7. The molecule has 4 rings (SSSR count). The van der Waals surface area contributed by atoms with Crippen molar-refractivity contribution in [3.63, 3.8) is 0 Å². The SMILES string of the molecule is CCN1CCCC1CNC(N)=NCc1ccnc(N2CCN(c3ccc(F)cc3)CC2)c1. The number of likely N-dealkylation sites (N-methyl/N-ethyl adjacent to an activating group) is 1. The largest absolute Gasteiger partial charge is 0.370 e. The quantitative estimate of drug-likeness (QED) is 0.510. The van der Waals surface area contributed by atoms with Crippen LogP contribution in [0, 0.1) is 5.82 Å². The van der Waals surface area contributed by atoms with Gasteiger partial charge in [0.1, 0.15) is 11.6 Å².